The number of amides is 1. The lowest BCUT2D eigenvalue weighted by atomic mass is 10.1. The maximum atomic E-state index is 12.2. The van der Waals surface area contributed by atoms with Crippen molar-refractivity contribution in [1.29, 1.82) is 0 Å². The molecular formula is C20H23N3O3. The third kappa shape index (κ3) is 4.33. The van der Waals surface area contributed by atoms with E-state index in [2.05, 4.69) is 16.5 Å². The summed E-state index contributed by atoms with van der Waals surface area (Å²) in [7, 11) is 1.85. The molecule has 0 bridgehead atoms. The Kier molecular flexibility index (Phi) is 5.11. The van der Waals surface area contributed by atoms with Crippen molar-refractivity contribution in [1.82, 2.24) is 15.1 Å². The average molecular weight is 353 g/mol. The molecule has 26 heavy (non-hydrogen) atoms. The molecule has 0 aliphatic heterocycles. The Morgan fingerprint density at radius 2 is 1.92 bits per heavy atom. The molecular weight excluding hydrogens is 330 g/mol. The summed E-state index contributed by atoms with van der Waals surface area (Å²) in [5, 5.41) is 7.10. The van der Waals surface area contributed by atoms with E-state index in [1.54, 1.807) is 16.8 Å². The number of aryl methyl sites for hydroxylation is 4. The fraction of sp³-hybridized carbons (Fsp3) is 0.300. The van der Waals surface area contributed by atoms with Crippen LogP contribution in [0.1, 0.15) is 38.7 Å². The van der Waals surface area contributed by atoms with Crippen molar-refractivity contribution < 1.29 is 13.9 Å². The zero-order chi connectivity index (χ0) is 18.7. The minimum Gasteiger partial charge on any atom is -0.486 e. The second-order valence-electron chi connectivity index (χ2n) is 6.47. The summed E-state index contributed by atoms with van der Waals surface area (Å²) >= 11 is 0. The second kappa shape index (κ2) is 7.47. The number of hydrogen-bond donors (Lipinski definition) is 1. The van der Waals surface area contributed by atoms with E-state index in [4.69, 9.17) is 9.15 Å². The van der Waals surface area contributed by atoms with Crippen molar-refractivity contribution >= 4 is 5.91 Å². The van der Waals surface area contributed by atoms with Gasteiger partial charge in [-0.05, 0) is 56.2 Å². The largest absolute Gasteiger partial charge is 0.486 e. The highest BCUT2D eigenvalue weighted by molar-refractivity contribution is 5.91. The molecule has 0 spiro atoms. The van der Waals surface area contributed by atoms with E-state index in [9.17, 15) is 4.79 Å². The van der Waals surface area contributed by atoms with Crippen molar-refractivity contribution in [2.24, 2.45) is 7.05 Å². The predicted octanol–water partition coefficient (Wildman–Crippen LogP) is 3.45. The molecule has 0 fully saturated rings. The van der Waals surface area contributed by atoms with E-state index in [1.165, 1.54) is 0 Å². The number of carbonyl (C=O) groups is 1. The van der Waals surface area contributed by atoms with Crippen LogP contribution in [-0.2, 0) is 20.2 Å². The molecule has 1 N–H and O–H groups in total. The maximum Gasteiger partial charge on any atom is 0.287 e. The molecule has 0 saturated carbocycles. The van der Waals surface area contributed by atoms with Gasteiger partial charge in [-0.15, -0.1) is 0 Å². The monoisotopic (exact) mass is 353 g/mol. The molecule has 2 heterocycles. The number of furan rings is 1. The van der Waals surface area contributed by atoms with E-state index in [0.29, 0.717) is 12.3 Å². The van der Waals surface area contributed by atoms with Crippen LogP contribution < -0.4 is 10.1 Å². The lowest BCUT2D eigenvalue weighted by Gasteiger charge is -2.06. The first kappa shape index (κ1) is 17.8. The second-order valence-corrected chi connectivity index (χ2v) is 6.47. The van der Waals surface area contributed by atoms with Gasteiger partial charge in [0.15, 0.2) is 5.76 Å². The summed E-state index contributed by atoms with van der Waals surface area (Å²) in [5.41, 5.74) is 4.16. The zero-order valence-corrected chi connectivity index (χ0v) is 15.5. The standard InChI is InChI=1S/C20H23N3O3/c1-13-7-14(2)9-18(8-13)25-12-17-5-6-19(26-17)20(24)21-10-16-11-23(4)22-15(16)3/h5-9,11H,10,12H2,1-4H3,(H,21,24). The smallest absolute Gasteiger partial charge is 0.287 e. The molecule has 6 nitrogen and oxygen atoms in total. The van der Waals surface area contributed by atoms with Gasteiger partial charge in [0.1, 0.15) is 18.1 Å². The van der Waals surface area contributed by atoms with Gasteiger partial charge in [0.2, 0.25) is 0 Å². The van der Waals surface area contributed by atoms with Crippen molar-refractivity contribution in [3.05, 3.63) is 70.4 Å². The summed E-state index contributed by atoms with van der Waals surface area (Å²) in [6, 6.07) is 9.45. The number of aromatic nitrogens is 2. The molecule has 6 heteroatoms. The summed E-state index contributed by atoms with van der Waals surface area (Å²) in [6.07, 6.45) is 1.89. The Morgan fingerprint density at radius 3 is 2.58 bits per heavy atom. The Bertz CT molecular complexity index is 904. The van der Waals surface area contributed by atoms with E-state index < -0.39 is 0 Å². The lowest BCUT2D eigenvalue weighted by molar-refractivity contribution is 0.0919. The van der Waals surface area contributed by atoms with Gasteiger partial charge in [0, 0.05) is 25.4 Å². The fourth-order valence-electron chi connectivity index (χ4n) is 2.83. The number of nitrogens with zero attached hydrogens (tertiary/aromatic N) is 2. The average Bonchev–Trinajstić information content (AvgIpc) is 3.16. The van der Waals surface area contributed by atoms with Crippen LogP contribution in [0.3, 0.4) is 0 Å². The summed E-state index contributed by atoms with van der Waals surface area (Å²) in [6.45, 7) is 6.65. The molecule has 0 atom stereocenters. The molecule has 0 aliphatic carbocycles. The van der Waals surface area contributed by atoms with E-state index >= 15 is 0 Å². The van der Waals surface area contributed by atoms with E-state index in [1.807, 2.05) is 46.1 Å². The van der Waals surface area contributed by atoms with Crippen molar-refractivity contribution in [3.63, 3.8) is 0 Å². The molecule has 136 valence electrons. The Balaban J connectivity index is 1.56. The highest BCUT2D eigenvalue weighted by Gasteiger charge is 2.13. The first-order valence-corrected chi connectivity index (χ1v) is 8.48. The van der Waals surface area contributed by atoms with Gasteiger partial charge in [-0.2, -0.15) is 5.10 Å². The molecule has 3 rings (SSSR count). The number of benzene rings is 1. The Morgan fingerprint density at radius 1 is 1.19 bits per heavy atom. The highest BCUT2D eigenvalue weighted by Crippen LogP contribution is 2.18. The number of nitrogens with one attached hydrogen (secondary N) is 1. The molecule has 2 aromatic heterocycles. The van der Waals surface area contributed by atoms with E-state index in [-0.39, 0.29) is 18.3 Å². The normalized spacial score (nSPS) is 10.8. The zero-order valence-electron chi connectivity index (χ0n) is 15.5. The number of carbonyl (C=O) groups excluding carboxylic acids is 1. The van der Waals surface area contributed by atoms with Gasteiger partial charge in [-0.3, -0.25) is 9.48 Å². The quantitative estimate of drug-likeness (QED) is 0.737. The van der Waals surface area contributed by atoms with Crippen LogP contribution in [0, 0.1) is 20.8 Å². The molecule has 0 aliphatic rings. The molecule has 3 aromatic rings. The van der Waals surface area contributed by atoms with Crippen LogP contribution in [0.5, 0.6) is 5.75 Å². The maximum absolute atomic E-state index is 12.2. The van der Waals surface area contributed by atoms with Crippen LogP contribution >= 0.6 is 0 Å². The molecule has 1 aromatic carbocycles. The Hall–Kier alpha value is -3.02. The van der Waals surface area contributed by atoms with Crippen LogP contribution in [-0.4, -0.2) is 15.7 Å². The minimum absolute atomic E-state index is 0.258. The van der Waals surface area contributed by atoms with Gasteiger partial charge >= 0.3 is 0 Å². The van der Waals surface area contributed by atoms with Gasteiger partial charge in [0.25, 0.3) is 5.91 Å². The third-order valence-corrected chi connectivity index (χ3v) is 4.02. The third-order valence-electron chi connectivity index (χ3n) is 4.02. The summed E-state index contributed by atoms with van der Waals surface area (Å²) in [5.74, 6) is 1.40. The lowest BCUT2D eigenvalue weighted by Crippen LogP contribution is -2.22. The number of rotatable bonds is 6. The number of hydrogen-bond acceptors (Lipinski definition) is 4. The molecule has 0 radical (unpaired) electrons. The van der Waals surface area contributed by atoms with Crippen LogP contribution in [0.15, 0.2) is 40.9 Å². The van der Waals surface area contributed by atoms with Crippen molar-refractivity contribution in [2.75, 3.05) is 0 Å². The molecule has 0 saturated heterocycles. The molecule has 0 unspecified atom stereocenters. The minimum atomic E-state index is -0.258. The van der Waals surface area contributed by atoms with Gasteiger partial charge in [-0.25, -0.2) is 0 Å². The van der Waals surface area contributed by atoms with Gasteiger partial charge in [-0.1, -0.05) is 6.07 Å². The van der Waals surface area contributed by atoms with Crippen molar-refractivity contribution in [2.45, 2.75) is 33.9 Å². The van der Waals surface area contributed by atoms with E-state index in [0.717, 1.165) is 28.1 Å². The summed E-state index contributed by atoms with van der Waals surface area (Å²) in [4.78, 5) is 12.2. The van der Waals surface area contributed by atoms with Crippen molar-refractivity contribution in [3.8, 4) is 5.75 Å². The highest BCUT2D eigenvalue weighted by atomic mass is 16.5. The SMILES string of the molecule is Cc1cc(C)cc(OCc2ccc(C(=O)NCc3cn(C)nc3C)o2)c1. The predicted molar refractivity (Wildman–Crippen MR) is 98.1 cm³/mol. The Labute approximate surface area is 152 Å². The van der Waals surface area contributed by atoms with Gasteiger partial charge in [0.05, 0.1) is 5.69 Å². The van der Waals surface area contributed by atoms with Gasteiger partial charge < -0.3 is 14.5 Å². The topological polar surface area (TPSA) is 69.3 Å². The first-order chi connectivity index (χ1) is 12.4. The summed E-state index contributed by atoms with van der Waals surface area (Å²) < 4.78 is 13.1. The van der Waals surface area contributed by atoms with Crippen LogP contribution in [0.25, 0.3) is 0 Å². The number of ether oxygens (including phenoxy) is 1. The van der Waals surface area contributed by atoms with Crippen LogP contribution in [0.4, 0.5) is 0 Å². The first-order valence-electron chi connectivity index (χ1n) is 8.48. The fourth-order valence-corrected chi connectivity index (χ4v) is 2.83. The molecule has 1 amide bonds. The van der Waals surface area contributed by atoms with Crippen LogP contribution in [0.2, 0.25) is 0 Å².